The van der Waals surface area contributed by atoms with Crippen molar-refractivity contribution in [2.75, 3.05) is 0 Å². The predicted molar refractivity (Wildman–Crippen MR) is 112 cm³/mol. The number of hydrogen-bond acceptors (Lipinski definition) is 2. The highest BCUT2D eigenvalue weighted by molar-refractivity contribution is 7.22. The number of benzene rings is 3. The van der Waals surface area contributed by atoms with Gasteiger partial charge in [0.15, 0.2) is 0 Å². The van der Waals surface area contributed by atoms with Crippen molar-refractivity contribution in [2.45, 2.75) is 0 Å². The molecule has 0 bridgehead atoms. The van der Waals surface area contributed by atoms with Gasteiger partial charge in [-0.15, -0.1) is 11.3 Å². The molecule has 0 N–H and O–H groups in total. The molecule has 0 radical (unpaired) electrons. The minimum Gasteiger partial charge on any atom is -0.457 e. The Morgan fingerprint density at radius 2 is 1.46 bits per heavy atom. The normalized spacial score (nSPS) is 11.7. The molecule has 0 atom stereocenters. The van der Waals surface area contributed by atoms with Gasteiger partial charge in [-0.3, -0.25) is 0 Å². The van der Waals surface area contributed by atoms with Crippen LogP contribution in [0.2, 0.25) is 0 Å². The summed E-state index contributed by atoms with van der Waals surface area (Å²) < 4.78 is 7.16. The van der Waals surface area contributed by atoms with Crippen LogP contribution in [0.3, 0.4) is 0 Å². The second-order valence-electron chi connectivity index (χ2n) is 6.29. The zero-order chi connectivity index (χ0) is 17.3. The lowest BCUT2D eigenvalue weighted by atomic mass is 10.1. The minimum absolute atomic E-state index is 0.875. The molecule has 0 unspecified atom stereocenters. The quantitative estimate of drug-likeness (QED) is 0.328. The van der Waals surface area contributed by atoms with Gasteiger partial charge in [0.25, 0.3) is 0 Å². The molecule has 5 rings (SSSR count). The van der Waals surface area contributed by atoms with Crippen LogP contribution in [0.5, 0.6) is 0 Å². The van der Waals surface area contributed by atoms with E-state index in [2.05, 4.69) is 72.8 Å². The molecule has 0 aliphatic carbocycles. The number of thiophene rings is 1. The molecule has 2 heterocycles. The number of para-hydroxylation sites is 1. The molecule has 5 aromatic rings. The van der Waals surface area contributed by atoms with Gasteiger partial charge in [0.1, 0.15) is 11.3 Å². The Labute approximate surface area is 155 Å². The molecule has 124 valence electrons. The van der Waals surface area contributed by atoms with Gasteiger partial charge in [-0.2, -0.15) is 0 Å². The van der Waals surface area contributed by atoms with Crippen molar-refractivity contribution in [1.29, 1.82) is 0 Å². The molecular weight excluding hydrogens is 336 g/mol. The largest absolute Gasteiger partial charge is 0.457 e. The molecule has 0 aliphatic rings. The molecule has 0 amide bonds. The van der Waals surface area contributed by atoms with Crippen LogP contribution in [0.15, 0.2) is 89.3 Å². The zero-order valence-electron chi connectivity index (χ0n) is 14.1. The molecule has 2 heteroatoms. The summed E-state index contributed by atoms with van der Waals surface area (Å²) in [4.78, 5) is 1.30. The molecular formula is C24H16OS. The van der Waals surface area contributed by atoms with E-state index < -0.39 is 0 Å². The van der Waals surface area contributed by atoms with Crippen molar-refractivity contribution in [2.24, 2.45) is 0 Å². The topological polar surface area (TPSA) is 13.1 Å². The van der Waals surface area contributed by atoms with Crippen LogP contribution >= 0.6 is 11.3 Å². The third-order valence-corrected chi connectivity index (χ3v) is 5.67. The summed E-state index contributed by atoms with van der Waals surface area (Å²) in [6, 6.07) is 29.6. The summed E-state index contributed by atoms with van der Waals surface area (Å²) in [5, 5.41) is 2.44. The Morgan fingerprint density at radius 3 is 2.27 bits per heavy atom. The smallest absolute Gasteiger partial charge is 0.134 e. The highest BCUT2D eigenvalue weighted by Gasteiger charge is 2.04. The van der Waals surface area contributed by atoms with E-state index in [1.807, 2.05) is 35.6 Å². The molecule has 0 spiro atoms. The summed E-state index contributed by atoms with van der Waals surface area (Å²) in [5.41, 5.74) is 3.34. The van der Waals surface area contributed by atoms with Crippen molar-refractivity contribution < 1.29 is 4.42 Å². The van der Waals surface area contributed by atoms with Gasteiger partial charge in [0.05, 0.1) is 0 Å². The number of furan rings is 1. The minimum atomic E-state index is 0.875. The van der Waals surface area contributed by atoms with Crippen molar-refractivity contribution in [1.82, 2.24) is 0 Å². The first-order valence-corrected chi connectivity index (χ1v) is 9.42. The molecule has 26 heavy (non-hydrogen) atoms. The monoisotopic (exact) mass is 352 g/mol. The van der Waals surface area contributed by atoms with E-state index in [0.29, 0.717) is 0 Å². The lowest BCUT2D eigenvalue weighted by molar-refractivity contribution is 0.604. The van der Waals surface area contributed by atoms with Crippen molar-refractivity contribution in [3.8, 4) is 10.4 Å². The van der Waals surface area contributed by atoms with E-state index in [-0.39, 0.29) is 0 Å². The Balaban J connectivity index is 1.40. The van der Waals surface area contributed by atoms with Gasteiger partial charge >= 0.3 is 0 Å². The molecule has 3 aromatic carbocycles. The van der Waals surface area contributed by atoms with Crippen LogP contribution in [0.25, 0.3) is 43.6 Å². The summed E-state index contributed by atoms with van der Waals surface area (Å²) in [6.45, 7) is 0. The highest BCUT2D eigenvalue weighted by Crippen LogP contribution is 2.33. The predicted octanol–water partition coefficient (Wildman–Crippen LogP) is 7.48. The Morgan fingerprint density at radius 1 is 0.692 bits per heavy atom. The van der Waals surface area contributed by atoms with E-state index in [1.54, 1.807) is 0 Å². The zero-order valence-corrected chi connectivity index (χ0v) is 14.9. The Kier molecular flexibility index (Phi) is 3.69. The maximum Gasteiger partial charge on any atom is 0.134 e. The van der Waals surface area contributed by atoms with Gasteiger partial charge in [-0.05, 0) is 46.9 Å². The molecule has 0 aliphatic heterocycles. The first-order chi connectivity index (χ1) is 12.8. The Hall–Kier alpha value is -3.10. The second-order valence-corrected chi connectivity index (χ2v) is 7.37. The number of rotatable bonds is 3. The standard InChI is InChI=1S/C24H16OS/c1-3-7-22-19(5-1)15-21(25-22)14-11-17-9-12-18(13-10-17)24-16-20-6-2-4-8-23(20)26-24/h1-16H. The molecule has 2 aromatic heterocycles. The third-order valence-electron chi connectivity index (χ3n) is 4.51. The lowest BCUT2D eigenvalue weighted by Gasteiger charge is -1.98. The van der Waals surface area contributed by atoms with Gasteiger partial charge < -0.3 is 4.42 Å². The fraction of sp³-hybridized carbons (Fsp3) is 0. The fourth-order valence-corrected chi connectivity index (χ4v) is 4.21. The van der Waals surface area contributed by atoms with Crippen LogP contribution in [0.1, 0.15) is 11.3 Å². The summed E-state index contributed by atoms with van der Waals surface area (Å²) in [6.07, 6.45) is 4.11. The van der Waals surface area contributed by atoms with Gasteiger partial charge in [0.2, 0.25) is 0 Å². The van der Waals surface area contributed by atoms with E-state index in [0.717, 1.165) is 22.3 Å². The van der Waals surface area contributed by atoms with E-state index in [9.17, 15) is 0 Å². The summed E-state index contributed by atoms with van der Waals surface area (Å²) in [7, 11) is 0. The maximum absolute atomic E-state index is 5.83. The first-order valence-electron chi connectivity index (χ1n) is 8.61. The third kappa shape index (κ3) is 2.85. The highest BCUT2D eigenvalue weighted by atomic mass is 32.1. The van der Waals surface area contributed by atoms with Crippen LogP contribution in [-0.4, -0.2) is 0 Å². The van der Waals surface area contributed by atoms with Gasteiger partial charge in [-0.1, -0.05) is 66.7 Å². The van der Waals surface area contributed by atoms with E-state index in [1.165, 1.54) is 20.5 Å². The first kappa shape index (κ1) is 15.2. The van der Waals surface area contributed by atoms with E-state index >= 15 is 0 Å². The van der Waals surface area contributed by atoms with E-state index in [4.69, 9.17) is 4.42 Å². The van der Waals surface area contributed by atoms with Gasteiger partial charge in [0, 0.05) is 15.0 Å². The van der Waals surface area contributed by atoms with Crippen molar-refractivity contribution in [3.05, 3.63) is 96.3 Å². The van der Waals surface area contributed by atoms with Crippen molar-refractivity contribution >= 4 is 44.5 Å². The maximum atomic E-state index is 5.83. The summed E-state index contributed by atoms with van der Waals surface area (Å²) >= 11 is 1.84. The lowest BCUT2D eigenvalue weighted by Crippen LogP contribution is -1.74. The average Bonchev–Trinajstić information content (AvgIpc) is 3.30. The second kappa shape index (κ2) is 6.32. The molecule has 0 fully saturated rings. The van der Waals surface area contributed by atoms with Crippen molar-refractivity contribution in [3.63, 3.8) is 0 Å². The van der Waals surface area contributed by atoms with Crippen LogP contribution in [0.4, 0.5) is 0 Å². The number of fused-ring (bicyclic) bond motifs is 2. The van der Waals surface area contributed by atoms with Crippen LogP contribution < -0.4 is 0 Å². The fourth-order valence-electron chi connectivity index (χ4n) is 3.15. The molecule has 0 saturated heterocycles. The van der Waals surface area contributed by atoms with Gasteiger partial charge in [-0.25, -0.2) is 0 Å². The molecule has 0 saturated carbocycles. The Bertz CT molecular complexity index is 1160. The van der Waals surface area contributed by atoms with Crippen LogP contribution in [0, 0.1) is 0 Å². The SMILES string of the molecule is C(=Cc1cc2ccccc2o1)c1ccc(-c2cc3ccccc3s2)cc1. The summed E-state index contributed by atoms with van der Waals surface area (Å²) in [5.74, 6) is 0.875. The number of hydrogen-bond donors (Lipinski definition) is 0. The van der Waals surface area contributed by atoms with Crippen LogP contribution in [-0.2, 0) is 0 Å². The molecule has 1 nitrogen and oxygen atoms in total. The average molecular weight is 352 g/mol.